The van der Waals surface area contributed by atoms with Crippen molar-refractivity contribution in [1.29, 1.82) is 0 Å². The molecule has 104 valence electrons. The van der Waals surface area contributed by atoms with Crippen molar-refractivity contribution in [2.24, 2.45) is 5.92 Å². The Labute approximate surface area is 116 Å². The molecule has 0 radical (unpaired) electrons. The van der Waals surface area contributed by atoms with Crippen LogP contribution in [0.2, 0.25) is 0 Å². The second-order valence-corrected chi connectivity index (χ2v) is 5.10. The Balaban J connectivity index is 2.17. The van der Waals surface area contributed by atoms with Gasteiger partial charge in [-0.1, -0.05) is 0 Å². The molecule has 2 rings (SSSR count). The molecule has 0 spiro atoms. The number of ether oxygens (including phenoxy) is 1. The van der Waals surface area contributed by atoms with Crippen molar-refractivity contribution in [3.63, 3.8) is 0 Å². The van der Waals surface area contributed by atoms with Crippen LogP contribution in [0.3, 0.4) is 0 Å². The molecule has 1 aromatic rings. The zero-order chi connectivity index (χ0) is 14.0. The maximum Gasteiger partial charge on any atom is 0.416 e. The van der Waals surface area contributed by atoms with Crippen molar-refractivity contribution in [3.05, 3.63) is 28.2 Å². The third-order valence-corrected chi connectivity index (χ3v) is 3.54. The number of benzene rings is 1. The van der Waals surface area contributed by atoms with Crippen molar-refractivity contribution < 1.29 is 22.7 Å². The molecule has 1 fully saturated rings. The SMILES string of the molecule is O=C(Nc1cc(C(F)(F)F)ccc1Br)C1CCOC1. The number of anilines is 1. The smallest absolute Gasteiger partial charge is 0.381 e. The van der Waals surface area contributed by atoms with E-state index in [1.807, 2.05) is 0 Å². The Bertz CT molecular complexity index is 484. The molecule has 1 unspecified atom stereocenters. The monoisotopic (exact) mass is 337 g/mol. The molecule has 1 N–H and O–H groups in total. The highest BCUT2D eigenvalue weighted by Gasteiger charge is 2.31. The number of alkyl halides is 3. The Morgan fingerprint density at radius 3 is 2.74 bits per heavy atom. The van der Waals surface area contributed by atoms with E-state index in [0.717, 1.165) is 12.1 Å². The first kappa shape index (κ1) is 14.3. The molecule has 1 saturated heterocycles. The minimum Gasteiger partial charge on any atom is -0.381 e. The minimum atomic E-state index is -4.43. The molecule has 0 aliphatic carbocycles. The van der Waals surface area contributed by atoms with Gasteiger partial charge in [0.05, 0.1) is 23.8 Å². The summed E-state index contributed by atoms with van der Waals surface area (Å²) in [4.78, 5) is 11.8. The zero-order valence-corrected chi connectivity index (χ0v) is 11.3. The molecular formula is C12H11BrF3NO2. The molecule has 0 saturated carbocycles. The first-order valence-corrected chi connectivity index (χ1v) is 6.42. The van der Waals surface area contributed by atoms with Crippen LogP contribution in [0.15, 0.2) is 22.7 Å². The lowest BCUT2D eigenvalue weighted by atomic mass is 10.1. The number of carbonyl (C=O) groups excluding carboxylic acids is 1. The summed E-state index contributed by atoms with van der Waals surface area (Å²) in [6.45, 7) is 0.810. The number of nitrogens with one attached hydrogen (secondary N) is 1. The summed E-state index contributed by atoms with van der Waals surface area (Å²) in [6.07, 6.45) is -3.85. The van der Waals surface area contributed by atoms with Crippen molar-refractivity contribution in [1.82, 2.24) is 0 Å². The van der Waals surface area contributed by atoms with Crippen LogP contribution in [0.5, 0.6) is 0 Å². The van der Waals surface area contributed by atoms with Crippen LogP contribution in [0.25, 0.3) is 0 Å². The van der Waals surface area contributed by atoms with Gasteiger partial charge in [0.2, 0.25) is 5.91 Å². The molecule has 1 aromatic carbocycles. The lowest BCUT2D eigenvalue weighted by Crippen LogP contribution is -2.23. The van der Waals surface area contributed by atoms with Gasteiger partial charge in [0.15, 0.2) is 0 Å². The van der Waals surface area contributed by atoms with E-state index in [4.69, 9.17) is 4.74 Å². The fourth-order valence-electron chi connectivity index (χ4n) is 1.77. The fraction of sp³-hybridized carbons (Fsp3) is 0.417. The Morgan fingerprint density at radius 1 is 1.42 bits per heavy atom. The third-order valence-electron chi connectivity index (χ3n) is 2.85. The molecular weight excluding hydrogens is 327 g/mol. The highest BCUT2D eigenvalue weighted by Crippen LogP contribution is 2.34. The molecule has 1 heterocycles. The van der Waals surface area contributed by atoms with E-state index in [1.54, 1.807) is 0 Å². The summed E-state index contributed by atoms with van der Waals surface area (Å²) in [5, 5.41) is 2.50. The van der Waals surface area contributed by atoms with Crippen LogP contribution in [0, 0.1) is 5.92 Å². The van der Waals surface area contributed by atoms with Crippen LogP contribution in [0.4, 0.5) is 18.9 Å². The number of rotatable bonds is 2. The largest absolute Gasteiger partial charge is 0.416 e. The number of carbonyl (C=O) groups is 1. The molecule has 7 heteroatoms. The highest BCUT2D eigenvalue weighted by molar-refractivity contribution is 9.10. The summed E-state index contributed by atoms with van der Waals surface area (Å²) < 4.78 is 43.3. The van der Waals surface area contributed by atoms with E-state index in [0.29, 0.717) is 24.1 Å². The number of halogens is 4. The molecule has 1 aliphatic rings. The molecule has 19 heavy (non-hydrogen) atoms. The van der Waals surface area contributed by atoms with E-state index in [2.05, 4.69) is 21.2 Å². The van der Waals surface area contributed by atoms with E-state index in [-0.39, 0.29) is 17.5 Å². The van der Waals surface area contributed by atoms with E-state index >= 15 is 0 Å². The van der Waals surface area contributed by atoms with E-state index < -0.39 is 11.7 Å². The maximum absolute atomic E-state index is 12.6. The standard InChI is InChI=1S/C12H11BrF3NO2/c13-9-2-1-8(12(14,15)16)5-10(9)17-11(18)7-3-4-19-6-7/h1-2,5,7H,3-4,6H2,(H,17,18). The van der Waals surface area contributed by atoms with Crippen molar-refractivity contribution in [2.45, 2.75) is 12.6 Å². The lowest BCUT2D eigenvalue weighted by molar-refractivity contribution is -0.137. The van der Waals surface area contributed by atoms with Crippen molar-refractivity contribution in [3.8, 4) is 0 Å². The van der Waals surface area contributed by atoms with Gasteiger partial charge in [-0.05, 0) is 40.5 Å². The van der Waals surface area contributed by atoms with Gasteiger partial charge in [0.1, 0.15) is 0 Å². The third kappa shape index (κ3) is 3.48. The van der Waals surface area contributed by atoms with Crippen LogP contribution < -0.4 is 5.32 Å². The summed E-state index contributed by atoms with van der Waals surface area (Å²) in [7, 11) is 0. The normalized spacial score (nSPS) is 19.5. The maximum atomic E-state index is 12.6. The van der Waals surface area contributed by atoms with Gasteiger partial charge < -0.3 is 10.1 Å². The topological polar surface area (TPSA) is 38.3 Å². The first-order valence-electron chi connectivity index (χ1n) is 5.63. The van der Waals surface area contributed by atoms with Crippen molar-refractivity contribution in [2.75, 3.05) is 18.5 Å². The number of hydrogen-bond acceptors (Lipinski definition) is 2. The Morgan fingerprint density at radius 2 is 2.16 bits per heavy atom. The number of hydrogen-bond donors (Lipinski definition) is 1. The predicted octanol–water partition coefficient (Wildman–Crippen LogP) is 3.44. The molecule has 1 amide bonds. The fourth-order valence-corrected chi connectivity index (χ4v) is 2.12. The van der Waals surface area contributed by atoms with E-state index in [9.17, 15) is 18.0 Å². The average Bonchev–Trinajstić information content (AvgIpc) is 2.84. The van der Waals surface area contributed by atoms with Gasteiger partial charge in [-0.3, -0.25) is 4.79 Å². The van der Waals surface area contributed by atoms with Crippen molar-refractivity contribution >= 4 is 27.5 Å². The van der Waals surface area contributed by atoms with Gasteiger partial charge in [-0.15, -0.1) is 0 Å². The van der Waals surface area contributed by atoms with Gasteiger partial charge >= 0.3 is 6.18 Å². The van der Waals surface area contributed by atoms with Crippen LogP contribution >= 0.6 is 15.9 Å². The van der Waals surface area contributed by atoms with Crippen LogP contribution in [-0.4, -0.2) is 19.1 Å². The Kier molecular flexibility index (Phi) is 4.15. The zero-order valence-electron chi connectivity index (χ0n) is 9.76. The van der Waals surface area contributed by atoms with Crippen LogP contribution in [-0.2, 0) is 15.7 Å². The van der Waals surface area contributed by atoms with E-state index in [1.165, 1.54) is 6.07 Å². The Hall–Kier alpha value is -1.08. The quantitative estimate of drug-likeness (QED) is 0.897. The molecule has 0 bridgehead atoms. The summed E-state index contributed by atoms with van der Waals surface area (Å²) in [6, 6.07) is 3.14. The average molecular weight is 338 g/mol. The van der Waals surface area contributed by atoms with Gasteiger partial charge in [-0.2, -0.15) is 13.2 Å². The second kappa shape index (κ2) is 5.50. The molecule has 1 aliphatic heterocycles. The lowest BCUT2D eigenvalue weighted by Gasteiger charge is -2.13. The van der Waals surface area contributed by atoms with Crippen LogP contribution in [0.1, 0.15) is 12.0 Å². The van der Waals surface area contributed by atoms with Gasteiger partial charge in [0.25, 0.3) is 0 Å². The predicted molar refractivity (Wildman–Crippen MR) is 66.7 cm³/mol. The van der Waals surface area contributed by atoms with Gasteiger partial charge in [-0.25, -0.2) is 0 Å². The highest BCUT2D eigenvalue weighted by atomic mass is 79.9. The first-order chi connectivity index (χ1) is 8.88. The molecule has 1 atom stereocenters. The summed E-state index contributed by atoms with van der Waals surface area (Å²) in [5.41, 5.74) is -0.680. The van der Waals surface area contributed by atoms with Gasteiger partial charge in [0, 0.05) is 11.1 Å². The summed E-state index contributed by atoms with van der Waals surface area (Å²) in [5.74, 6) is -0.626. The number of amides is 1. The molecule has 0 aromatic heterocycles. The molecule has 3 nitrogen and oxygen atoms in total. The second-order valence-electron chi connectivity index (χ2n) is 4.24. The minimum absolute atomic E-state index is 0.117. The summed E-state index contributed by atoms with van der Waals surface area (Å²) >= 11 is 3.12.